The number of nitrogens with one attached hydrogen (secondary N) is 1. The molecule has 0 aromatic carbocycles. The van der Waals surface area contributed by atoms with E-state index in [-0.39, 0.29) is 12.5 Å². The molecule has 0 fully saturated rings. The number of carbonyl (C=O) groups excluding carboxylic acids is 1. The molecule has 4 nitrogen and oxygen atoms in total. The SMILES string of the molecule is CC/C=C\C/C=C\C/C=C\C/C=C\C/C=C\C/C=C\C/C=C\C/C=C\C/C=C\C/C=C\CCCCCCCCCCCCC(=O)NC(CO)C(O)/C=C/CCCCCCCCCCCCCCCCCCCC. The van der Waals surface area contributed by atoms with Gasteiger partial charge in [-0.15, -0.1) is 0 Å². The molecule has 0 aliphatic carbocycles. The molecule has 73 heavy (non-hydrogen) atoms. The first-order valence-corrected chi connectivity index (χ1v) is 30.9. The second kappa shape index (κ2) is 62.8. The van der Waals surface area contributed by atoms with Crippen LogP contribution in [0.15, 0.2) is 134 Å². The number of hydrogen-bond acceptors (Lipinski definition) is 3. The van der Waals surface area contributed by atoms with Crippen molar-refractivity contribution in [2.24, 2.45) is 0 Å². The highest BCUT2D eigenvalue weighted by Gasteiger charge is 2.18. The summed E-state index contributed by atoms with van der Waals surface area (Å²) in [6, 6.07) is -0.634. The van der Waals surface area contributed by atoms with Gasteiger partial charge >= 0.3 is 0 Å². The molecule has 0 aromatic heterocycles. The van der Waals surface area contributed by atoms with Crippen LogP contribution in [0, 0.1) is 0 Å². The van der Waals surface area contributed by atoms with Crippen LogP contribution in [0.2, 0.25) is 0 Å². The van der Waals surface area contributed by atoms with Crippen LogP contribution < -0.4 is 5.32 Å². The lowest BCUT2D eigenvalue weighted by molar-refractivity contribution is -0.123. The second-order valence-electron chi connectivity index (χ2n) is 20.4. The predicted octanol–water partition coefficient (Wildman–Crippen LogP) is 21.0. The number of aliphatic hydroxyl groups is 2. The van der Waals surface area contributed by atoms with Crippen LogP contribution in [0.4, 0.5) is 0 Å². The van der Waals surface area contributed by atoms with Gasteiger partial charge in [0, 0.05) is 6.42 Å². The summed E-state index contributed by atoms with van der Waals surface area (Å²) in [6.07, 6.45) is 97.6. The van der Waals surface area contributed by atoms with Crippen molar-refractivity contribution in [1.82, 2.24) is 5.32 Å². The number of unbranched alkanes of at least 4 members (excludes halogenated alkanes) is 28. The van der Waals surface area contributed by atoms with Gasteiger partial charge in [-0.1, -0.05) is 308 Å². The van der Waals surface area contributed by atoms with Gasteiger partial charge in [0.05, 0.1) is 18.8 Å². The van der Waals surface area contributed by atoms with E-state index in [1.54, 1.807) is 6.08 Å². The first-order valence-electron chi connectivity index (χ1n) is 30.9. The van der Waals surface area contributed by atoms with Crippen molar-refractivity contribution in [1.29, 1.82) is 0 Å². The molecule has 0 heterocycles. The minimum atomic E-state index is -0.850. The summed E-state index contributed by atoms with van der Waals surface area (Å²) in [5.74, 6) is -0.0717. The van der Waals surface area contributed by atoms with Crippen molar-refractivity contribution in [2.75, 3.05) is 6.61 Å². The van der Waals surface area contributed by atoms with Crippen molar-refractivity contribution < 1.29 is 15.0 Å². The number of allylic oxidation sites excluding steroid dienone is 21. The molecular formula is C69H117NO3. The zero-order chi connectivity index (χ0) is 52.7. The molecule has 0 radical (unpaired) electrons. The molecule has 4 heteroatoms. The third-order valence-corrected chi connectivity index (χ3v) is 13.4. The Kier molecular flexibility index (Phi) is 59.8. The number of rotatable bonds is 55. The van der Waals surface area contributed by atoms with E-state index < -0.39 is 12.1 Å². The Labute approximate surface area is 453 Å². The number of amides is 1. The summed E-state index contributed by atoms with van der Waals surface area (Å²) in [4.78, 5) is 12.5. The molecule has 0 saturated carbocycles. The van der Waals surface area contributed by atoms with Crippen molar-refractivity contribution in [3.63, 3.8) is 0 Å². The van der Waals surface area contributed by atoms with Crippen LogP contribution in [0.5, 0.6) is 0 Å². The Bertz CT molecular complexity index is 1470. The standard InChI is InChI=1S/C69H117NO3/c1-3-5-7-9-11-13-15-17-19-21-23-25-26-27-28-29-30-31-32-33-34-35-36-37-38-39-40-41-42-43-44-45-47-49-51-53-55-57-59-61-63-65-69(73)70-67(66-71)68(72)64-62-60-58-56-54-52-50-48-46-24-22-20-18-16-14-12-10-8-6-4-2/h5,7,11,13,17,19,23,25,27-28,30-31,33-34,36-37,39-40,42-43,62,64,67-68,71-72H,3-4,6,8-10,12,14-16,18,20-22,24,26,29,32,35,38,41,44-61,63,65-66H2,1-2H3,(H,70,73)/b7-5-,13-11-,19-17-,25-23-,28-27-,31-30-,34-33-,37-36-,40-39-,43-42-,64-62+. The molecule has 1 amide bonds. The molecule has 0 bridgehead atoms. The van der Waals surface area contributed by atoms with Crippen LogP contribution in [-0.2, 0) is 4.79 Å². The zero-order valence-electron chi connectivity index (χ0n) is 47.9. The maximum absolute atomic E-state index is 12.5. The molecule has 0 saturated heterocycles. The van der Waals surface area contributed by atoms with Gasteiger partial charge in [0.2, 0.25) is 5.91 Å². The van der Waals surface area contributed by atoms with Crippen LogP contribution in [-0.4, -0.2) is 34.9 Å². The van der Waals surface area contributed by atoms with Crippen LogP contribution in [0.1, 0.15) is 277 Å². The van der Waals surface area contributed by atoms with Crippen LogP contribution in [0.25, 0.3) is 0 Å². The second-order valence-corrected chi connectivity index (χ2v) is 20.4. The van der Waals surface area contributed by atoms with Crippen molar-refractivity contribution >= 4 is 5.91 Å². The highest BCUT2D eigenvalue weighted by molar-refractivity contribution is 5.76. The van der Waals surface area contributed by atoms with Crippen LogP contribution >= 0.6 is 0 Å². The monoisotopic (exact) mass is 1010 g/mol. The fourth-order valence-electron chi connectivity index (χ4n) is 8.74. The summed E-state index contributed by atoms with van der Waals surface area (Å²) in [5, 5.41) is 23.2. The van der Waals surface area contributed by atoms with E-state index >= 15 is 0 Å². The van der Waals surface area contributed by atoms with E-state index in [9.17, 15) is 15.0 Å². The quantitative estimate of drug-likeness (QED) is 0.0420. The number of hydrogen-bond donors (Lipinski definition) is 3. The third kappa shape index (κ3) is 59.3. The number of carbonyl (C=O) groups is 1. The third-order valence-electron chi connectivity index (χ3n) is 13.4. The van der Waals surface area contributed by atoms with E-state index in [1.165, 1.54) is 167 Å². The Morgan fingerprint density at radius 3 is 0.904 bits per heavy atom. The highest BCUT2D eigenvalue weighted by Crippen LogP contribution is 2.16. The molecule has 0 aliphatic rings. The van der Waals surface area contributed by atoms with E-state index in [1.807, 2.05) is 6.08 Å². The maximum atomic E-state index is 12.5. The molecule has 0 aromatic rings. The smallest absolute Gasteiger partial charge is 0.220 e. The predicted molar refractivity (Wildman–Crippen MR) is 326 cm³/mol. The fourth-order valence-corrected chi connectivity index (χ4v) is 8.74. The minimum Gasteiger partial charge on any atom is -0.394 e. The molecular weight excluding hydrogens is 891 g/mol. The zero-order valence-corrected chi connectivity index (χ0v) is 47.9. The first-order chi connectivity index (χ1) is 36.2. The lowest BCUT2D eigenvalue weighted by atomic mass is 10.0. The molecule has 0 spiro atoms. The van der Waals surface area contributed by atoms with Gasteiger partial charge < -0.3 is 15.5 Å². The minimum absolute atomic E-state index is 0.0717. The van der Waals surface area contributed by atoms with Gasteiger partial charge in [-0.2, -0.15) is 0 Å². The summed E-state index contributed by atoms with van der Waals surface area (Å²) in [6.45, 7) is 4.20. The molecule has 2 unspecified atom stereocenters. The van der Waals surface area contributed by atoms with E-state index in [0.29, 0.717) is 6.42 Å². The molecule has 0 aliphatic heterocycles. The molecule has 416 valence electrons. The topological polar surface area (TPSA) is 69.6 Å². The molecule has 0 rings (SSSR count). The van der Waals surface area contributed by atoms with Gasteiger partial charge in [-0.25, -0.2) is 0 Å². The van der Waals surface area contributed by atoms with Crippen molar-refractivity contribution in [2.45, 2.75) is 289 Å². The average Bonchev–Trinajstić information content (AvgIpc) is 3.40. The van der Waals surface area contributed by atoms with Gasteiger partial charge in [-0.05, 0) is 96.3 Å². The molecule has 2 atom stereocenters. The lowest BCUT2D eigenvalue weighted by Gasteiger charge is -2.20. The Balaban J connectivity index is 3.60. The van der Waals surface area contributed by atoms with Crippen LogP contribution in [0.3, 0.4) is 0 Å². The normalized spacial score (nSPS) is 13.8. The van der Waals surface area contributed by atoms with E-state index in [2.05, 4.69) is 141 Å². The fraction of sp³-hybridized carbons (Fsp3) is 0.667. The first kappa shape index (κ1) is 69.5. The summed E-state index contributed by atoms with van der Waals surface area (Å²) in [7, 11) is 0. The molecule has 3 N–H and O–H groups in total. The van der Waals surface area contributed by atoms with Gasteiger partial charge in [-0.3, -0.25) is 4.79 Å². The Morgan fingerprint density at radius 1 is 0.342 bits per heavy atom. The average molecular weight is 1010 g/mol. The van der Waals surface area contributed by atoms with E-state index in [0.717, 1.165) is 89.9 Å². The van der Waals surface area contributed by atoms with Gasteiger partial charge in [0.25, 0.3) is 0 Å². The Hall–Kier alpha value is -3.47. The summed E-state index contributed by atoms with van der Waals surface area (Å²) >= 11 is 0. The van der Waals surface area contributed by atoms with E-state index in [4.69, 9.17) is 0 Å². The number of aliphatic hydroxyl groups excluding tert-OH is 2. The Morgan fingerprint density at radius 2 is 0.603 bits per heavy atom. The van der Waals surface area contributed by atoms with Crippen molar-refractivity contribution in [3.8, 4) is 0 Å². The highest BCUT2D eigenvalue weighted by atomic mass is 16.3. The lowest BCUT2D eigenvalue weighted by Crippen LogP contribution is -2.45. The van der Waals surface area contributed by atoms with Crippen molar-refractivity contribution in [3.05, 3.63) is 134 Å². The maximum Gasteiger partial charge on any atom is 0.220 e. The van der Waals surface area contributed by atoms with Gasteiger partial charge in [0.1, 0.15) is 0 Å². The summed E-state index contributed by atoms with van der Waals surface area (Å²) in [5.41, 5.74) is 0. The summed E-state index contributed by atoms with van der Waals surface area (Å²) < 4.78 is 0. The largest absolute Gasteiger partial charge is 0.394 e. The van der Waals surface area contributed by atoms with Gasteiger partial charge in [0.15, 0.2) is 0 Å².